The summed E-state index contributed by atoms with van der Waals surface area (Å²) in [7, 11) is 0. The van der Waals surface area contributed by atoms with Crippen LogP contribution < -0.4 is 11.5 Å². The molecule has 1 rings (SSSR count). The molecule has 0 aliphatic heterocycles. The van der Waals surface area contributed by atoms with Crippen molar-refractivity contribution < 1.29 is 47.7 Å². The number of primary amides is 2. The van der Waals surface area contributed by atoms with Gasteiger partial charge in [0, 0.05) is 44.1 Å². The van der Waals surface area contributed by atoms with E-state index in [0.29, 0.717) is 3.58 Å². The quantitative estimate of drug-likeness (QED) is 0.126. The fraction of sp³-hybridized carbons (Fsp3) is 0.636. The maximum absolute atomic E-state index is 13.0. The highest BCUT2D eigenvalue weighted by atomic mass is 127. The Morgan fingerprint density at radius 1 is 0.811 bits per heavy atom. The number of hydrogen-bond acceptors (Lipinski definition) is 10. The highest BCUT2D eigenvalue weighted by Gasteiger charge is 2.61. The molecule has 0 spiro atoms. The van der Waals surface area contributed by atoms with Gasteiger partial charge in [0.2, 0.25) is 11.8 Å². The molecule has 208 valence electrons. The van der Waals surface area contributed by atoms with E-state index in [4.69, 9.17) is 30.4 Å². The number of carbonyl (C=O) groups excluding carboxylic acids is 6. The van der Waals surface area contributed by atoms with Crippen LogP contribution in [0.1, 0.15) is 40.5 Å². The average Bonchev–Trinajstić information content (AvgIpc) is 2.67. The summed E-state index contributed by atoms with van der Waals surface area (Å²) in [6.07, 6.45) is -0.465. The minimum absolute atomic E-state index is 0.0149. The summed E-state index contributed by atoms with van der Waals surface area (Å²) < 4.78 is 18.8. The van der Waals surface area contributed by atoms with E-state index in [9.17, 15) is 28.8 Å². The molecule has 2 amide bonds. The van der Waals surface area contributed by atoms with Gasteiger partial charge in [-0.15, -0.1) is 0 Å². The molecule has 15 heteroatoms. The number of carbonyl (C=O) groups is 6. The average molecular weight is 862 g/mol. The zero-order valence-corrected chi connectivity index (χ0v) is 27.1. The number of halogens is 3. The summed E-state index contributed by atoms with van der Waals surface area (Å²) in [6, 6.07) is 0. The highest BCUT2D eigenvalue weighted by Crippen LogP contribution is 2.57. The Morgan fingerprint density at radius 2 is 1.24 bits per heavy atom. The predicted octanol–water partition coefficient (Wildman–Crippen LogP) is 1.64. The van der Waals surface area contributed by atoms with Crippen molar-refractivity contribution in [2.45, 2.75) is 59.6 Å². The first-order chi connectivity index (χ1) is 16.9. The number of allylic oxidation sites excluding steroid dienone is 1. The Labute approximate surface area is 255 Å². The van der Waals surface area contributed by atoms with Crippen LogP contribution in [0.3, 0.4) is 0 Å². The number of rotatable bonds is 12. The first-order valence-electron chi connectivity index (χ1n) is 10.9. The van der Waals surface area contributed by atoms with Crippen molar-refractivity contribution in [1.82, 2.24) is 0 Å². The van der Waals surface area contributed by atoms with Crippen molar-refractivity contribution in [3.8, 4) is 0 Å². The van der Waals surface area contributed by atoms with E-state index in [1.54, 1.807) is 6.08 Å². The van der Waals surface area contributed by atoms with Gasteiger partial charge in [-0.3, -0.25) is 28.8 Å². The van der Waals surface area contributed by atoms with Gasteiger partial charge in [-0.2, -0.15) is 0 Å². The molecule has 1 aliphatic rings. The first kappa shape index (κ1) is 33.8. The Kier molecular flexibility index (Phi) is 13.0. The molecule has 0 bridgehead atoms. The van der Waals surface area contributed by atoms with Gasteiger partial charge in [0.25, 0.3) is 0 Å². The topological polar surface area (TPSA) is 191 Å². The van der Waals surface area contributed by atoms with Gasteiger partial charge in [0.15, 0.2) is 0 Å². The van der Waals surface area contributed by atoms with Crippen molar-refractivity contribution >= 4 is 103 Å². The van der Waals surface area contributed by atoms with E-state index < -0.39 is 66.6 Å². The summed E-state index contributed by atoms with van der Waals surface area (Å²) in [5.41, 5.74) is 11.7. The molecule has 0 radical (unpaired) electrons. The Bertz CT molecular complexity index is 974. The molecule has 6 unspecified atom stereocenters. The second kappa shape index (κ2) is 14.2. The summed E-state index contributed by atoms with van der Waals surface area (Å²) in [5.74, 6) is -6.19. The van der Waals surface area contributed by atoms with Crippen molar-refractivity contribution in [3.05, 3.63) is 9.66 Å². The molecular weight excluding hydrogens is 833 g/mol. The Balaban J connectivity index is 3.66. The maximum Gasteiger partial charge on any atom is 0.303 e. The number of esters is 4. The molecule has 6 atom stereocenters. The molecule has 37 heavy (non-hydrogen) atoms. The molecule has 0 heterocycles. The highest BCUT2D eigenvalue weighted by molar-refractivity contribution is 14.1. The summed E-state index contributed by atoms with van der Waals surface area (Å²) >= 11 is 5.87. The van der Waals surface area contributed by atoms with Crippen LogP contribution >= 0.6 is 67.8 Å². The van der Waals surface area contributed by atoms with E-state index in [2.05, 4.69) is 0 Å². The first-order valence-corrected chi connectivity index (χ1v) is 14.1. The van der Waals surface area contributed by atoms with Crippen molar-refractivity contribution in [2.75, 3.05) is 13.2 Å². The number of ether oxygens (including phenoxy) is 4. The lowest BCUT2D eigenvalue weighted by Gasteiger charge is -2.50. The summed E-state index contributed by atoms with van der Waals surface area (Å²) in [5, 5.41) is 0. The van der Waals surface area contributed by atoms with Crippen LogP contribution in [0.4, 0.5) is 0 Å². The molecule has 0 aromatic carbocycles. The van der Waals surface area contributed by atoms with Crippen LogP contribution in [0.15, 0.2) is 9.66 Å². The summed E-state index contributed by atoms with van der Waals surface area (Å²) in [6.45, 7) is 4.15. The van der Waals surface area contributed by atoms with Crippen LogP contribution in [-0.2, 0) is 47.7 Å². The monoisotopic (exact) mass is 862 g/mol. The smallest absolute Gasteiger partial charge is 0.303 e. The van der Waals surface area contributed by atoms with E-state index in [1.807, 2.05) is 67.8 Å². The zero-order valence-electron chi connectivity index (χ0n) is 20.6. The van der Waals surface area contributed by atoms with Crippen LogP contribution in [0.25, 0.3) is 0 Å². The lowest BCUT2D eigenvalue weighted by molar-refractivity contribution is -0.158. The van der Waals surface area contributed by atoms with Crippen molar-refractivity contribution in [1.29, 1.82) is 0 Å². The van der Waals surface area contributed by atoms with Crippen molar-refractivity contribution in [2.24, 2.45) is 23.3 Å². The molecule has 0 aromatic heterocycles. The third-order valence-electron chi connectivity index (χ3n) is 5.35. The SMILES string of the molecule is CC(=O)OCC(CC1(I)C=C(I)C(C(N)=O)C(I)(CC(COC(C)=O)OC(C)=O)C1C(N)=O)OC(C)=O. The third-order valence-corrected chi connectivity index (χ3v) is 9.35. The molecular formula is C22H29I3N2O10. The van der Waals surface area contributed by atoms with Gasteiger partial charge in [-0.25, -0.2) is 0 Å². The lowest BCUT2D eigenvalue weighted by Crippen LogP contribution is -2.62. The van der Waals surface area contributed by atoms with Gasteiger partial charge in [0.05, 0.1) is 18.7 Å². The Hall–Kier alpha value is -1.25. The van der Waals surface area contributed by atoms with Gasteiger partial charge >= 0.3 is 23.9 Å². The second-order valence-electron chi connectivity index (χ2n) is 8.53. The number of nitrogens with two attached hydrogens (primary N) is 2. The lowest BCUT2D eigenvalue weighted by atomic mass is 9.66. The van der Waals surface area contributed by atoms with Gasteiger partial charge in [0.1, 0.15) is 25.4 Å². The molecule has 4 N–H and O–H groups in total. The van der Waals surface area contributed by atoms with Gasteiger partial charge in [-0.1, -0.05) is 51.3 Å². The maximum atomic E-state index is 13.0. The second-order valence-corrected chi connectivity index (χ2v) is 13.8. The molecule has 0 aromatic rings. The number of amides is 2. The number of alkyl halides is 2. The predicted molar refractivity (Wildman–Crippen MR) is 155 cm³/mol. The van der Waals surface area contributed by atoms with E-state index in [1.165, 1.54) is 27.7 Å². The van der Waals surface area contributed by atoms with Gasteiger partial charge < -0.3 is 30.4 Å². The molecule has 0 saturated heterocycles. The zero-order chi connectivity index (χ0) is 28.7. The molecule has 0 fully saturated rings. The van der Waals surface area contributed by atoms with Crippen LogP contribution in [-0.4, -0.2) is 68.0 Å². The van der Waals surface area contributed by atoms with Gasteiger partial charge in [-0.05, 0) is 22.6 Å². The standard InChI is InChI=1S/C22H29I3N2O10/c1-10(28)34-8-14(36-12(3)30)5-21(24)7-16(23)17(19(26)32)22(25,18(21)20(27)33)6-15(37-13(4)31)9-35-11(2)29/h7,14-15,17-18H,5-6,8-9H2,1-4H3,(H2,26,32)(H2,27,33). The molecule has 1 aliphatic carbocycles. The van der Waals surface area contributed by atoms with Crippen molar-refractivity contribution in [3.63, 3.8) is 0 Å². The van der Waals surface area contributed by atoms with E-state index in [0.717, 1.165) is 0 Å². The minimum atomic E-state index is -1.36. The fourth-order valence-corrected chi connectivity index (χ4v) is 11.2. The minimum Gasteiger partial charge on any atom is -0.462 e. The normalized spacial score (nSPS) is 26.6. The van der Waals surface area contributed by atoms with Crippen LogP contribution in [0.2, 0.25) is 0 Å². The van der Waals surface area contributed by atoms with E-state index in [-0.39, 0.29) is 26.1 Å². The van der Waals surface area contributed by atoms with Crippen LogP contribution in [0.5, 0.6) is 0 Å². The third kappa shape index (κ3) is 9.77. The fourth-order valence-electron chi connectivity index (χ4n) is 4.31. The number of hydrogen-bond donors (Lipinski definition) is 2. The molecule has 0 saturated carbocycles. The van der Waals surface area contributed by atoms with E-state index >= 15 is 0 Å². The largest absolute Gasteiger partial charge is 0.462 e. The van der Waals surface area contributed by atoms with Crippen LogP contribution in [0, 0.1) is 11.8 Å². The summed E-state index contributed by atoms with van der Waals surface area (Å²) in [4.78, 5) is 72.1. The Morgan fingerprint density at radius 3 is 1.59 bits per heavy atom. The molecule has 12 nitrogen and oxygen atoms in total.